The molecule has 1 heterocycles. The van der Waals surface area contributed by atoms with Crippen molar-refractivity contribution in [3.05, 3.63) is 12.3 Å². The summed E-state index contributed by atoms with van der Waals surface area (Å²) in [4.78, 5) is 10.5. The highest BCUT2D eigenvalue weighted by atomic mass is 16.3. The molecule has 0 aromatic carbocycles. The van der Waals surface area contributed by atoms with Gasteiger partial charge in [-0.3, -0.25) is 0 Å². The fourth-order valence-electron chi connectivity index (χ4n) is 2.37. The molecule has 2 rings (SSSR count). The van der Waals surface area contributed by atoms with E-state index in [0.717, 1.165) is 37.9 Å². The second-order valence-corrected chi connectivity index (χ2v) is 5.24. The summed E-state index contributed by atoms with van der Waals surface area (Å²) in [5.74, 6) is 1.51. The lowest BCUT2D eigenvalue weighted by molar-refractivity contribution is 0.0424. The number of nitrogens with one attached hydrogen (secondary N) is 1. The molecule has 1 saturated carbocycles. The van der Waals surface area contributed by atoms with Crippen molar-refractivity contribution in [2.75, 3.05) is 30.9 Å². The summed E-state index contributed by atoms with van der Waals surface area (Å²) >= 11 is 0. The maximum Gasteiger partial charge on any atom is 0.224 e. The molecule has 0 unspecified atom stereocenters. The molecule has 0 spiro atoms. The lowest BCUT2D eigenvalue weighted by atomic mass is 9.98. The van der Waals surface area contributed by atoms with Gasteiger partial charge in [-0.1, -0.05) is 12.8 Å². The summed E-state index contributed by atoms with van der Waals surface area (Å²) in [6.07, 6.45) is 6.64. The van der Waals surface area contributed by atoms with Gasteiger partial charge in [0.2, 0.25) is 5.95 Å². The Balaban J connectivity index is 1.84. The molecule has 0 saturated heterocycles. The maximum absolute atomic E-state index is 10.2. The molecule has 0 amide bonds. The van der Waals surface area contributed by atoms with Crippen molar-refractivity contribution in [2.45, 2.75) is 37.7 Å². The highest BCUT2D eigenvalue weighted by Crippen LogP contribution is 2.32. The zero-order valence-corrected chi connectivity index (χ0v) is 11.2. The highest BCUT2D eigenvalue weighted by molar-refractivity contribution is 5.40. The van der Waals surface area contributed by atoms with Crippen LogP contribution in [-0.2, 0) is 0 Å². The Hall–Kier alpha value is -1.36. The van der Waals surface area contributed by atoms with E-state index < -0.39 is 5.60 Å². The minimum absolute atomic E-state index is 0.466. The van der Waals surface area contributed by atoms with Crippen molar-refractivity contribution in [2.24, 2.45) is 0 Å². The van der Waals surface area contributed by atoms with Crippen molar-refractivity contribution in [1.29, 1.82) is 0 Å². The number of nitrogens with zero attached hydrogens (tertiary/aromatic N) is 3. The standard InChI is InChI=1S/C13H22N4O/c1-17(2)11-5-9-14-12(16-11)15-10-8-13(18)6-3-4-7-13/h5,9,18H,3-4,6-8,10H2,1-2H3,(H,14,15,16). The summed E-state index contributed by atoms with van der Waals surface area (Å²) < 4.78 is 0. The Morgan fingerprint density at radius 3 is 2.78 bits per heavy atom. The van der Waals surface area contributed by atoms with Gasteiger partial charge in [-0.2, -0.15) is 4.98 Å². The quantitative estimate of drug-likeness (QED) is 0.832. The predicted octanol–water partition coefficient (Wildman–Crippen LogP) is 1.65. The van der Waals surface area contributed by atoms with E-state index in [1.54, 1.807) is 6.20 Å². The fraction of sp³-hybridized carbons (Fsp3) is 0.692. The van der Waals surface area contributed by atoms with Gasteiger partial charge in [0.1, 0.15) is 5.82 Å². The molecule has 100 valence electrons. The van der Waals surface area contributed by atoms with Gasteiger partial charge in [0, 0.05) is 26.8 Å². The number of rotatable bonds is 5. The first kappa shape index (κ1) is 13.1. The van der Waals surface area contributed by atoms with Crippen LogP contribution in [0.1, 0.15) is 32.1 Å². The Kier molecular flexibility index (Phi) is 4.01. The third kappa shape index (κ3) is 3.32. The van der Waals surface area contributed by atoms with Crippen molar-refractivity contribution < 1.29 is 5.11 Å². The van der Waals surface area contributed by atoms with Gasteiger partial charge in [0.25, 0.3) is 0 Å². The molecular formula is C13H22N4O. The molecule has 5 heteroatoms. The first-order chi connectivity index (χ1) is 8.59. The van der Waals surface area contributed by atoms with Crippen molar-refractivity contribution in [3.63, 3.8) is 0 Å². The van der Waals surface area contributed by atoms with Crippen LogP contribution < -0.4 is 10.2 Å². The van der Waals surface area contributed by atoms with Crippen LogP contribution in [0.4, 0.5) is 11.8 Å². The smallest absolute Gasteiger partial charge is 0.224 e. The van der Waals surface area contributed by atoms with Crippen molar-refractivity contribution >= 4 is 11.8 Å². The summed E-state index contributed by atoms with van der Waals surface area (Å²) in [6.45, 7) is 0.716. The Morgan fingerprint density at radius 2 is 2.11 bits per heavy atom. The lowest BCUT2D eigenvalue weighted by Gasteiger charge is -2.22. The molecule has 1 aliphatic rings. The van der Waals surface area contributed by atoms with Crippen LogP contribution in [-0.4, -0.2) is 41.3 Å². The summed E-state index contributed by atoms with van der Waals surface area (Å²) in [5.41, 5.74) is -0.466. The normalized spacial score (nSPS) is 17.7. The topological polar surface area (TPSA) is 61.3 Å². The monoisotopic (exact) mass is 250 g/mol. The average molecular weight is 250 g/mol. The minimum atomic E-state index is -0.466. The summed E-state index contributed by atoms with van der Waals surface area (Å²) in [7, 11) is 3.90. The molecule has 1 fully saturated rings. The molecule has 1 aromatic rings. The molecule has 0 atom stereocenters. The molecule has 5 nitrogen and oxygen atoms in total. The fourth-order valence-corrected chi connectivity index (χ4v) is 2.37. The van der Waals surface area contributed by atoms with Crippen LogP contribution in [0.25, 0.3) is 0 Å². The molecule has 18 heavy (non-hydrogen) atoms. The zero-order valence-electron chi connectivity index (χ0n) is 11.2. The number of anilines is 2. The molecule has 2 N–H and O–H groups in total. The molecule has 0 aliphatic heterocycles. The van der Waals surface area contributed by atoms with Gasteiger partial charge >= 0.3 is 0 Å². The van der Waals surface area contributed by atoms with E-state index in [1.807, 2.05) is 25.1 Å². The van der Waals surface area contributed by atoms with Crippen LogP contribution in [0.5, 0.6) is 0 Å². The second kappa shape index (κ2) is 5.52. The molecule has 1 aromatic heterocycles. The largest absolute Gasteiger partial charge is 0.390 e. The van der Waals surface area contributed by atoms with Crippen LogP contribution in [0, 0.1) is 0 Å². The Bertz CT molecular complexity index is 388. The number of aliphatic hydroxyl groups is 1. The van der Waals surface area contributed by atoms with Crippen LogP contribution in [0.15, 0.2) is 12.3 Å². The van der Waals surface area contributed by atoms with Gasteiger partial charge in [-0.15, -0.1) is 0 Å². The third-order valence-electron chi connectivity index (χ3n) is 3.51. The third-order valence-corrected chi connectivity index (χ3v) is 3.51. The van der Waals surface area contributed by atoms with Crippen LogP contribution >= 0.6 is 0 Å². The first-order valence-electron chi connectivity index (χ1n) is 6.56. The zero-order chi connectivity index (χ0) is 13.0. The van der Waals surface area contributed by atoms with Crippen molar-refractivity contribution in [3.8, 4) is 0 Å². The molecule has 0 radical (unpaired) electrons. The number of hydrogen-bond acceptors (Lipinski definition) is 5. The van der Waals surface area contributed by atoms with E-state index in [4.69, 9.17) is 0 Å². The Labute approximate surface area is 108 Å². The average Bonchev–Trinajstić information content (AvgIpc) is 2.77. The molecule has 1 aliphatic carbocycles. The van der Waals surface area contributed by atoms with Crippen LogP contribution in [0.2, 0.25) is 0 Å². The molecule has 0 bridgehead atoms. The number of hydrogen-bond donors (Lipinski definition) is 2. The van der Waals surface area contributed by atoms with Gasteiger partial charge in [-0.05, 0) is 25.3 Å². The van der Waals surface area contributed by atoms with E-state index in [-0.39, 0.29) is 0 Å². The van der Waals surface area contributed by atoms with E-state index >= 15 is 0 Å². The van der Waals surface area contributed by atoms with E-state index in [0.29, 0.717) is 12.5 Å². The van der Waals surface area contributed by atoms with E-state index in [9.17, 15) is 5.11 Å². The maximum atomic E-state index is 10.2. The van der Waals surface area contributed by atoms with Gasteiger partial charge in [0.05, 0.1) is 5.60 Å². The Morgan fingerprint density at radius 1 is 1.39 bits per heavy atom. The van der Waals surface area contributed by atoms with Crippen LogP contribution in [0.3, 0.4) is 0 Å². The summed E-state index contributed by atoms with van der Waals surface area (Å²) in [6, 6.07) is 1.87. The van der Waals surface area contributed by atoms with E-state index in [1.165, 1.54) is 0 Å². The van der Waals surface area contributed by atoms with Crippen molar-refractivity contribution in [1.82, 2.24) is 9.97 Å². The lowest BCUT2D eigenvalue weighted by Crippen LogP contribution is -2.27. The second-order valence-electron chi connectivity index (χ2n) is 5.24. The van der Waals surface area contributed by atoms with Gasteiger partial charge in [-0.25, -0.2) is 4.98 Å². The predicted molar refractivity (Wildman–Crippen MR) is 72.9 cm³/mol. The van der Waals surface area contributed by atoms with Gasteiger partial charge < -0.3 is 15.3 Å². The van der Waals surface area contributed by atoms with E-state index in [2.05, 4.69) is 15.3 Å². The SMILES string of the molecule is CN(C)c1ccnc(NCCC2(O)CCCC2)n1. The highest BCUT2D eigenvalue weighted by Gasteiger charge is 2.30. The minimum Gasteiger partial charge on any atom is -0.390 e. The first-order valence-corrected chi connectivity index (χ1v) is 6.56. The number of aromatic nitrogens is 2. The summed E-state index contributed by atoms with van der Waals surface area (Å²) in [5, 5.41) is 13.4. The molecular weight excluding hydrogens is 228 g/mol. The van der Waals surface area contributed by atoms with Gasteiger partial charge in [0.15, 0.2) is 0 Å².